The zero-order chi connectivity index (χ0) is 25.4. The number of hydrogen-bond donors (Lipinski definition) is 2. The molecule has 1 saturated heterocycles. The topological polar surface area (TPSA) is 75.1 Å². The lowest BCUT2D eigenvalue weighted by molar-refractivity contribution is -0.114. The Morgan fingerprint density at radius 1 is 1.00 bits per heavy atom. The van der Waals surface area contributed by atoms with Gasteiger partial charge in [0.1, 0.15) is 5.82 Å². The van der Waals surface area contributed by atoms with Gasteiger partial charge in [-0.3, -0.25) is 9.78 Å². The van der Waals surface area contributed by atoms with Crippen LogP contribution in [0.3, 0.4) is 0 Å². The minimum atomic E-state index is -0.146. The zero-order valence-electron chi connectivity index (χ0n) is 20.7. The van der Waals surface area contributed by atoms with E-state index in [0.717, 1.165) is 45.4 Å². The minimum absolute atomic E-state index is 0.105. The van der Waals surface area contributed by atoms with Crippen molar-refractivity contribution in [3.63, 3.8) is 0 Å². The van der Waals surface area contributed by atoms with Crippen LogP contribution in [0.25, 0.3) is 5.82 Å². The second-order valence-electron chi connectivity index (χ2n) is 9.03. The lowest BCUT2D eigenvalue weighted by Gasteiger charge is -2.28. The summed E-state index contributed by atoms with van der Waals surface area (Å²) < 4.78 is 2.21. The number of anilines is 2. The number of nitrogens with zero attached hydrogens (tertiary/aromatic N) is 4. The number of carbonyl (C=O) groups excluding carboxylic acids is 1. The molecule has 5 rings (SSSR count). The SMILES string of the molecule is CC(=O)Nc1ccc(N2C(=S)N[C@H](c3ccccn3)[C@@H]2c2cc(C)n(-c3ncccc3C)c2C)cc1. The van der Waals surface area contributed by atoms with Crippen LogP contribution < -0.4 is 15.5 Å². The molecule has 182 valence electrons. The van der Waals surface area contributed by atoms with Crippen molar-refractivity contribution >= 4 is 34.6 Å². The highest BCUT2D eigenvalue weighted by molar-refractivity contribution is 7.80. The van der Waals surface area contributed by atoms with Gasteiger partial charge in [0, 0.05) is 42.1 Å². The fraction of sp³-hybridized carbons (Fsp3) is 0.214. The van der Waals surface area contributed by atoms with E-state index >= 15 is 0 Å². The highest BCUT2D eigenvalue weighted by Gasteiger charge is 2.42. The first kappa shape index (κ1) is 23.7. The van der Waals surface area contributed by atoms with E-state index in [9.17, 15) is 4.79 Å². The van der Waals surface area contributed by atoms with Gasteiger partial charge in [-0.25, -0.2) is 4.98 Å². The first-order valence-electron chi connectivity index (χ1n) is 11.8. The monoisotopic (exact) mass is 496 g/mol. The Hall–Kier alpha value is -4.04. The second kappa shape index (κ2) is 9.54. The van der Waals surface area contributed by atoms with Crippen LogP contribution in [0.2, 0.25) is 0 Å². The van der Waals surface area contributed by atoms with Crippen LogP contribution in [0.1, 0.15) is 47.2 Å². The fourth-order valence-electron chi connectivity index (χ4n) is 4.98. The largest absolute Gasteiger partial charge is 0.351 e. The summed E-state index contributed by atoms with van der Waals surface area (Å²) in [5, 5.41) is 6.98. The molecule has 7 nitrogen and oxygen atoms in total. The van der Waals surface area contributed by atoms with E-state index < -0.39 is 0 Å². The van der Waals surface area contributed by atoms with E-state index in [1.54, 1.807) is 0 Å². The molecular weight excluding hydrogens is 468 g/mol. The molecule has 1 aromatic carbocycles. The minimum Gasteiger partial charge on any atom is -0.351 e. The number of hydrogen-bond acceptors (Lipinski definition) is 4. The predicted molar refractivity (Wildman–Crippen MR) is 146 cm³/mol. The molecule has 4 aromatic rings. The average Bonchev–Trinajstić information content (AvgIpc) is 3.35. The molecule has 1 amide bonds. The number of rotatable bonds is 5. The lowest BCUT2D eigenvalue weighted by Crippen LogP contribution is -2.29. The molecule has 0 spiro atoms. The molecule has 0 aliphatic carbocycles. The van der Waals surface area contributed by atoms with Crippen molar-refractivity contribution in [2.24, 2.45) is 0 Å². The van der Waals surface area contributed by atoms with Crippen molar-refractivity contribution < 1.29 is 4.79 Å². The number of aryl methyl sites for hydroxylation is 2. The van der Waals surface area contributed by atoms with Crippen molar-refractivity contribution in [1.29, 1.82) is 0 Å². The second-order valence-corrected chi connectivity index (χ2v) is 9.42. The molecule has 1 fully saturated rings. The van der Waals surface area contributed by atoms with E-state index in [2.05, 4.69) is 63.0 Å². The van der Waals surface area contributed by atoms with Gasteiger partial charge in [0.2, 0.25) is 5.91 Å². The third-order valence-corrected chi connectivity index (χ3v) is 6.86. The summed E-state index contributed by atoms with van der Waals surface area (Å²) >= 11 is 5.87. The Labute approximate surface area is 216 Å². The number of pyridine rings is 2. The van der Waals surface area contributed by atoms with Crippen LogP contribution in [-0.2, 0) is 4.79 Å². The van der Waals surface area contributed by atoms with Gasteiger partial charge in [-0.1, -0.05) is 12.1 Å². The molecule has 2 N–H and O–H groups in total. The number of aromatic nitrogens is 3. The number of amides is 1. The Bertz CT molecular complexity index is 1430. The van der Waals surface area contributed by atoms with E-state index in [4.69, 9.17) is 12.2 Å². The average molecular weight is 497 g/mol. The summed E-state index contributed by atoms with van der Waals surface area (Å²) in [6.07, 6.45) is 3.63. The lowest BCUT2D eigenvalue weighted by atomic mass is 9.96. The third-order valence-electron chi connectivity index (χ3n) is 6.55. The first-order chi connectivity index (χ1) is 17.3. The number of benzene rings is 1. The molecule has 1 aliphatic rings. The zero-order valence-corrected chi connectivity index (χ0v) is 21.5. The summed E-state index contributed by atoms with van der Waals surface area (Å²) in [5.74, 6) is 0.819. The normalized spacial score (nSPS) is 17.2. The summed E-state index contributed by atoms with van der Waals surface area (Å²) in [4.78, 5) is 23.0. The van der Waals surface area contributed by atoms with Crippen LogP contribution in [0.5, 0.6) is 0 Å². The summed E-state index contributed by atoms with van der Waals surface area (Å²) in [6, 6.07) is 19.7. The van der Waals surface area contributed by atoms with Crippen LogP contribution in [0.15, 0.2) is 73.1 Å². The Morgan fingerprint density at radius 3 is 2.42 bits per heavy atom. The summed E-state index contributed by atoms with van der Waals surface area (Å²) in [6.45, 7) is 7.81. The van der Waals surface area contributed by atoms with Crippen molar-refractivity contribution in [2.45, 2.75) is 39.8 Å². The van der Waals surface area contributed by atoms with E-state index in [-0.39, 0.29) is 18.0 Å². The highest BCUT2D eigenvalue weighted by Crippen LogP contribution is 2.43. The van der Waals surface area contributed by atoms with Gasteiger partial charge in [-0.15, -0.1) is 0 Å². The van der Waals surface area contributed by atoms with Gasteiger partial charge < -0.3 is 20.1 Å². The van der Waals surface area contributed by atoms with Gasteiger partial charge in [-0.2, -0.15) is 0 Å². The Morgan fingerprint density at radius 2 is 1.75 bits per heavy atom. The molecule has 3 aromatic heterocycles. The summed E-state index contributed by atoms with van der Waals surface area (Å²) in [7, 11) is 0. The molecular formula is C28H28N6OS. The number of thiocarbonyl (C=S) groups is 1. The fourth-order valence-corrected chi connectivity index (χ4v) is 5.33. The molecule has 36 heavy (non-hydrogen) atoms. The molecule has 1 aliphatic heterocycles. The van der Waals surface area contributed by atoms with Crippen LogP contribution in [-0.4, -0.2) is 25.6 Å². The number of nitrogens with one attached hydrogen (secondary N) is 2. The molecule has 2 atom stereocenters. The summed E-state index contributed by atoms with van der Waals surface area (Å²) in [5.41, 5.74) is 7.05. The predicted octanol–water partition coefficient (Wildman–Crippen LogP) is 5.33. The van der Waals surface area contributed by atoms with Gasteiger partial charge in [0.15, 0.2) is 5.11 Å². The van der Waals surface area contributed by atoms with Crippen molar-refractivity contribution in [3.8, 4) is 5.82 Å². The van der Waals surface area contributed by atoms with Gasteiger partial charge in [-0.05, 0) is 92.6 Å². The van der Waals surface area contributed by atoms with Crippen LogP contribution in [0.4, 0.5) is 11.4 Å². The smallest absolute Gasteiger partial charge is 0.221 e. The molecule has 0 saturated carbocycles. The van der Waals surface area contributed by atoms with Crippen LogP contribution in [0, 0.1) is 20.8 Å². The van der Waals surface area contributed by atoms with E-state index in [1.165, 1.54) is 6.92 Å². The standard InChI is InChI=1S/C28H28N6OS/c1-17-8-7-15-30-27(17)33-18(2)16-23(19(33)3)26-25(24-9-5-6-14-29-24)32-28(36)34(26)22-12-10-21(11-13-22)31-20(4)35/h5-16,25-26H,1-4H3,(H,31,35)(H,32,36)/t25-,26+/m1/s1. The Kier molecular flexibility index (Phi) is 6.28. The molecule has 4 heterocycles. The van der Waals surface area contributed by atoms with Crippen LogP contribution >= 0.6 is 12.2 Å². The van der Waals surface area contributed by atoms with Gasteiger partial charge in [0.05, 0.1) is 17.8 Å². The van der Waals surface area contributed by atoms with Crippen molar-refractivity contribution in [2.75, 3.05) is 10.2 Å². The molecule has 8 heteroatoms. The Balaban J connectivity index is 1.64. The van der Waals surface area contributed by atoms with E-state index in [1.807, 2.05) is 60.9 Å². The number of carbonyl (C=O) groups is 1. The maximum absolute atomic E-state index is 11.5. The van der Waals surface area contributed by atoms with Crippen molar-refractivity contribution in [1.82, 2.24) is 19.9 Å². The van der Waals surface area contributed by atoms with Gasteiger partial charge >= 0.3 is 0 Å². The first-order valence-corrected chi connectivity index (χ1v) is 12.2. The highest BCUT2D eigenvalue weighted by atomic mass is 32.1. The van der Waals surface area contributed by atoms with E-state index in [0.29, 0.717) is 5.11 Å². The van der Waals surface area contributed by atoms with Crippen molar-refractivity contribution in [3.05, 3.63) is 101 Å². The maximum atomic E-state index is 11.5. The van der Waals surface area contributed by atoms with Gasteiger partial charge in [0.25, 0.3) is 0 Å². The maximum Gasteiger partial charge on any atom is 0.221 e. The molecule has 0 radical (unpaired) electrons. The third kappa shape index (κ3) is 4.24. The molecule has 0 bridgehead atoms. The quantitative estimate of drug-likeness (QED) is 0.364. The molecule has 0 unspecified atom stereocenters.